The molecule has 1 aliphatic carbocycles. The number of aryl methyl sites for hydroxylation is 1. The van der Waals surface area contributed by atoms with Gasteiger partial charge in [0, 0.05) is 42.1 Å². The molecular formula is C22H25N7O2S. The number of hydrogen-bond acceptors (Lipinski definition) is 9. The van der Waals surface area contributed by atoms with E-state index in [9.17, 15) is 4.79 Å². The van der Waals surface area contributed by atoms with Crippen molar-refractivity contribution in [3.63, 3.8) is 0 Å². The van der Waals surface area contributed by atoms with Crippen molar-refractivity contribution in [1.29, 1.82) is 0 Å². The van der Waals surface area contributed by atoms with E-state index in [1.807, 2.05) is 37.3 Å². The Morgan fingerprint density at radius 2 is 1.97 bits per heavy atom. The number of carbonyl (C=O) groups is 1. The molecule has 2 aromatic heterocycles. The molecule has 0 unspecified atom stereocenters. The van der Waals surface area contributed by atoms with Crippen LogP contribution >= 0.6 is 11.8 Å². The fraction of sp³-hybridized carbons (Fsp3) is 0.409. The minimum Gasteiger partial charge on any atom is -0.378 e. The van der Waals surface area contributed by atoms with Gasteiger partial charge in [0.15, 0.2) is 11.0 Å². The summed E-state index contributed by atoms with van der Waals surface area (Å²) in [6.07, 6.45) is 2.61. The average Bonchev–Trinajstić information content (AvgIpc) is 3.58. The largest absolute Gasteiger partial charge is 0.378 e. The van der Waals surface area contributed by atoms with Crippen molar-refractivity contribution < 1.29 is 9.53 Å². The first kappa shape index (κ1) is 20.9. The monoisotopic (exact) mass is 451 g/mol. The van der Waals surface area contributed by atoms with E-state index in [0.717, 1.165) is 42.1 Å². The Morgan fingerprint density at radius 1 is 1.19 bits per heavy atom. The van der Waals surface area contributed by atoms with Crippen LogP contribution < -0.4 is 10.2 Å². The van der Waals surface area contributed by atoms with Crippen LogP contribution in [-0.4, -0.2) is 57.2 Å². The van der Waals surface area contributed by atoms with E-state index >= 15 is 0 Å². The number of ketones is 1. The van der Waals surface area contributed by atoms with Gasteiger partial charge < -0.3 is 15.0 Å². The lowest BCUT2D eigenvalue weighted by molar-refractivity contribution is -0.119. The highest BCUT2D eigenvalue weighted by atomic mass is 32.2. The van der Waals surface area contributed by atoms with Crippen LogP contribution in [0.3, 0.4) is 0 Å². The number of anilines is 3. The normalized spacial score (nSPS) is 16.2. The van der Waals surface area contributed by atoms with Crippen molar-refractivity contribution >= 4 is 35.3 Å². The van der Waals surface area contributed by atoms with Gasteiger partial charge in [0.1, 0.15) is 5.78 Å². The molecule has 3 aromatic rings. The van der Waals surface area contributed by atoms with Gasteiger partial charge in [0.05, 0.1) is 13.2 Å². The van der Waals surface area contributed by atoms with E-state index in [1.54, 1.807) is 0 Å². The fourth-order valence-corrected chi connectivity index (χ4v) is 4.22. The van der Waals surface area contributed by atoms with Crippen LogP contribution in [0.2, 0.25) is 0 Å². The lowest BCUT2D eigenvalue weighted by atomic mass is 10.1. The summed E-state index contributed by atoms with van der Waals surface area (Å²) in [5.74, 6) is 2.36. The number of morpholine rings is 1. The number of hydrogen-bond donors (Lipinski definition) is 2. The molecule has 2 N–H and O–H groups in total. The van der Waals surface area contributed by atoms with Crippen LogP contribution in [0.1, 0.15) is 24.1 Å². The maximum Gasteiger partial charge on any atom is 0.234 e. The minimum absolute atomic E-state index is 0.289. The molecule has 1 aromatic carbocycles. The van der Waals surface area contributed by atoms with Crippen LogP contribution in [0.4, 0.5) is 17.7 Å². The van der Waals surface area contributed by atoms with E-state index in [-0.39, 0.29) is 5.92 Å². The first-order valence-electron chi connectivity index (χ1n) is 10.8. The number of ether oxygens (including phenoxy) is 1. The number of aromatic nitrogens is 5. The molecule has 10 heteroatoms. The van der Waals surface area contributed by atoms with E-state index < -0.39 is 0 Å². The quantitative estimate of drug-likeness (QED) is 0.534. The predicted octanol–water partition coefficient (Wildman–Crippen LogP) is 3.16. The first-order valence-corrected chi connectivity index (χ1v) is 11.6. The van der Waals surface area contributed by atoms with Gasteiger partial charge in [-0.1, -0.05) is 12.1 Å². The third kappa shape index (κ3) is 5.25. The van der Waals surface area contributed by atoms with Crippen LogP contribution in [0.5, 0.6) is 0 Å². The van der Waals surface area contributed by atoms with Crippen LogP contribution in [0, 0.1) is 12.8 Å². The van der Waals surface area contributed by atoms with Gasteiger partial charge in [-0.15, -0.1) is 0 Å². The summed E-state index contributed by atoms with van der Waals surface area (Å²) in [5.41, 5.74) is 2.00. The zero-order valence-corrected chi connectivity index (χ0v) is 18.7. The molecule has 1 saturated carbocycles. The van der Waals surface area contributed by atoms with Gasteiger partial charge in [0.25, 0.3) is 0 Å². The first-order chi connectivity index (χ1) is 15.6. The molecule has 0 spiro atoms. The Bertz CT molecular complexity index is 1090. The smallest absolute Gasteiger partial charge is 0.234 e. The Balaban J connectivity index is 1.35. The highest BCUT2D eigenvalue weighted by Crippen LogP contribution is 2.32. The van der Waals surface area contributed by atoms with Crippen molar-refractivity contribution in [3.8, 4) is 0 Å². The van der Waals surface area contributed by atoms with Crippen molar-refractivity contribution in [2.24, 2.45) is 5.92 Å². The number of nitrogens with one attached hydrogen (secondary N) is 2. The van der Waals surface area contributed by atoms with E-state index in [0.29, 0.717) is 48.3 Å². The van der Waals surface area contributed by atoms with Gasteiger partial charge in [-0.2, -0.15) is 20.1 Å². The Hall–Kier alpha value is -2.98. The SMILES string of the molecule is Cc1cc(Nc2nc(Sc3ccc(CC(=O)C4CC4)cc3)nc(N3CCOCC3)n2)n[nH]1. The molecule has 1 aliphatic heterocycles. The molecule has 3 heterocycles. The second-order valence-corrected chi connectivity index (χ2v) is 9.11. The van der Waals surface area contributed by atoms with Gasteiger partial charge in [-0.3, -0.25) is 9.89 Å². The molecule has 0 bridgehead atoms. The van der Waals surface area contributed by atoms with Gasteiger partial charge in [-0.25, -0.2) is 0 Å². The molecule has 5 rings (SSSR count). The third-order valence-electron chi connectivity index (χ3n) is 5.39. The predicted molar refractivity (Wildman–Crippen MR) is 121 cm³/mol. The second kappa shape index (κ2) is 9.25. The molecule has 2 fully saturated rings. The average molecular weight is 452 g/mol. The molecular weight excluding hydrogens is 426 g/mol. The topological polar surface area (TPSA) is 109 Å². The van der Waals surface area contributed by atoms with Crippen LogP contribution in [0.25, 0.3) is 0 Å². The van der Waals surface area contributed by atoms with Crippen molar-refractivity contribution in [2.45, 2.75) is 36.2 Å². The van der Waals surface area contributed by atoms with Crippen LogP contribution in [-0.2, 0) is 16.0 Å². The number of aromatic amines is 1. The summed E-state index contributed by atoms with van der Waals surface area (Å²) < 4.78 is 5.46. The number of rotatable bonds is 8. The summed E-state index contributed by atoms with van der Waals surface area (Å²) in [6.45, 7) is 4.71. The maximum absolute atomic E-state index is 12.1. The number of H-pyrrole nitrogens is 1. The van der Waals surface area contributed by atoms with Gasteiger partial charge >= 0.3 is 0 Å². The molecule has 9 nitrogen and oxygen atoms in total. The standard InChI is InChI=1S/C22H25N7O2S/c1-14-12-19(28-27-14)23-20-24-21(29-8-10-31-11-9-29)26-22(25-20)32-17-6-2-15(3-7-17)13-18(30)16-4-5-16/h2-3,6-7,12,16H,4-5,8-11,13H2,1H3,(H2,23,24,25,26,27,28). The third-order valence-corrected chi connectivity index (χ3v) is 6.26. The molecule has 32 heavy (non-hydrogen) atoms. The number of benzene rings is 1. The molecule has 2 aliphatic rings. The highest BCUT2D eigenvalue weighted by Gasteiger charge is 2.29. The summed E-state index contributed by atoms with van der Waals surface area (Å²) in [4.78, 5) is 29.1. The highest BCUT2D eigenvalue weighted by molar-refractivity contribution is 7.99. The Morgan fingerprint density at radius 3 is 2.66 bits per heavy atom. The number of carbonyl (C=O) groups excluding carboxylic acids is 1. The minimum atomic E-state index is 0.289. The van der Waals surface area contributed by atoms with Gasteiger partial charge in [-0.05, 0) is 49.2 Å². The summed E-state index contributed by atoms with van der Waals surface area (Å²) in [5, 5.41) is 10.9. The van der Waals surface area contributed by atoms with Crippen molar-refractivity contribution in [3.05, 3.63) is 41.6 Å². The zero-order valence-electron chi connectivity index (χ0n) is 17.9. The number of nitrogens with zero attached hydrogens (tertiary/aromatic N) is 5. The maximum atomic E-state index is 12.1. The molecule has 0 radical (unpaired) electrons. The Labute approximate surface area is 190 Å². The fourth-order valence-electron chi connectivity index (χ4n) is 3.48. The summed E-state index contributed by atoms with van der Waals surface area (Å²) in [6, 6.07) is 9.95. The van der Waals surface area contributed by atoms with E-state index in [4.69, 9.17) is 9.72 Å². The van der Waals surface area contributed by atoms with E-state index in [2.05, 4.69) is 30.4 Å². The van der Waals surface area contributed by atoms with Crippen molar-refractivity contribution in [2.75, 3.05) is 36.5 Å². The molecule has 0 atom stereocenters. The Kier molecular flexibility index (Phi) is 6.04. The van der Waals surface area contributed by atoms with E-state index in [1.165, 1.54) is 11.8 Å². The summed E-state index contributed by atoms with van der Waals surface area (Å²) in [7, 11) is 0. The molecule has 166 valence electrons. The van der Waals surface area contributed by atoms with Gasteiger partial charge in [0.2, 0.25) is 11.9 Å². The molecule has 1 saturated heterocycles. The van der Waals surface area contributed by atoms with Crippen molar-refractivity contribution in [1.82, 2.24) is 25.1 Å². The zero-order chi connectivity index (χ0) is 21.9. The molecule has 0 amide bonds. The van der Waals surface area contributed by atoms with Crippen LogP contribution in [0.15, 0.2) is 40.4 Å². The number of Topliss-reactive ketones (excluding diaryl/α,β-unsaturated/α-hetero) is 1. The second-order valence-electron chi connectivity index (χ2n) is 8.07. The summed E-state index contributed by atoms with van der Waals surface area (Å²) >= 11 is 1.47. The lowest BCUT2D eigenvalue weighted by Crippen LogP contribution is -2.37. The lowest BCUT2D eigenvalue weighted by Gasteiger charge is -2.27.